The number of benzene rings is 2. The van der Waals surface area contributed by atoms with Gasteiger partial charge >= 0.3 is 0 Å². The number of rotatable bonds is 5. The van der Waals surface area contributed by atoms with Crippen LogP contribution in [-0.2, 0) is 4.79 Å². The van der Waals surface area contributed by atoms with E-state index >= 15 is 0 Å². The van der Waals surface area contributed by atoms with Gasteiger partial charge < -0.3 is 4.74 Å². The van der Waals surface area contributed by atoms with Gasteiger partial charge in [-0.15, -0.1) is 0 Å². The highest BCUT2D eigenvalue weighted by atomic mass is 79.9. The summed E-state index contributed by atoms with van der Waals surface area (Å²) in [6, 6.07) is 12.4. The normalized spacial score (nSPS) is 12.2. The van der Waals surface area contributed by atoms with Crippen LogP contribution in [0.25, 0.3) is 0 Å². The van der Waals surface area contributed by atoms with Crippen molar-refractivity contribution >= 4 is 51.3 Å². The highest BCUT2D eigenvalue weighted by Crippen LogP contribution is 2.24. The predicted octanol–water partition coefficient (Wildman–Crippen LogP) is 4.67. The molecule has 0 unspecified atom stereocenters. The highest BCUT2D eigenvalue weighted by molar-refractivity contribution is 9.10. The van der Waals surface area contributed by atoms with E-state index in [-0.39, 0.29) is 5.91 Å². The van der Waals surface area contributed by atoms with Gasteiger partial charge in [0.2, 0.25) is 0 Å². The van der Waals surface area contributed by atoms with Crippen molar-refractivity contribution in [3.63, 3.8) is 0 Å². The zero-order valence-electron chi connectivity index (χ0n) is 12.1. The van der Waals surface area contributed by atoms with Gasteiger partial charge in [0.25, 0.3) is 5.91 Å². The first-order valence-corrected chi connectivity index (χ1v) is 8.21. The molecule has 1 N–H and O–H groups in total. The molecule has 0 spiro atoms. The Morgan fingerprint density at radius 2 is 1.96 bits per heavy atom. The molecule has 0 bridgehead atoms. The quantitative estimate of drug-likeness (QED) is 0.569. The number of amides is 1. The third kappa shape index (κ3) is 5.23. The van der Waals surface area contributed by atoms with Crippen molar-refractivity contribution in [1.82, 2.24) is 5.43 Å². The summed E-state index contributed by atoms with van der Waals surface area (Å²) in [4.78, 5) is 11.9. The molecule has 2 rings (SSSR count). The van der Waals surface area contributed by atoms with Crippen molar-refractivity contribution in [2.45, 2.75) is 13.0 Å². The molecule has 1 amide bonds. The van der Waals surface area contributed by atoms with E-state index in [4.69, 9.17) is 27.9 Å². The maximum absolute atomic E-state index is 11.9. The Morgan fingerprint density at radius 3 is 2.65 bits per heavy atom. The first-order chi connectivity index (χ1) is 11.0. The summed E-state index contributed by atoms with van der Waals surface area (Å²) >= 11 is 15.3. The maximum Gasteiger partial charge on any atom is 0.280 e. The molecule has 0 aliphatic carbocycles. The average Bonchev–Trinajstić information content (AvgIpc) is 2.53. The van der Waals surface area contributed by atoms with E-state index in [1.165, 1.54) is 6.21 Å². The van der Waals surface area contributed by atoms with Crippen LogP contribution in [0.15, 0.2) is 52.0 Å². The number of hydrogen-bond acceptors (Lipinski definition) is 3. The number of carbonyl (C=O) groups is 1. The molecule has 7 heteroatoms. The third-order valence-corrected chi connectivity index (χ3v) is 4.22. The molecule has 0 radical (unpaired) electrons. The van der Waals surface area contributed by atoms with Crippen molar-refractivity contribution in [2.24, 2.45) is 5.10 Å². The molecule has 0 fully saturated rings. The molecule has 1 atom stereocenters. The van der Waals surface area contributed by atoms with Crippen molar-refractivity contribution in [2.75, 3.05) is 0 Å². The van der Waals surface area contributed by atoms with Gasteiger partial charge in [0.1, 0.15) is 5.75 Å². The van der Waals surface area contributed by atoms with Crippen LogP contribution in [0, 0.1) is 0 Å². The molecule has 2 aromatic rings. The third-order valence-electron chi connectivity index (χ3n) is 2.86. The fourth-order valence-corrected chi connectivity index (χ4v) is 2.27. The predicted molar refractivity (Wildman–Crippen MR) is 96.4 cm³/mol. The Morgan fingerprint density at radius 1 is 1.26 bits per heavy atom. The van der Waals surface area contributed by atoms with Crippen molar-refractivity contribution in [3.05, 3.63) is 62.5 Å². The van der Waals surface area contributed by atoms with E-state index in [9.17, 15) is 4.79 Å². The van der Waals surface area contributed by atoms with Crippen LogP contribution in [0.3, 0.4) is 0 Å². The van der Waals surface area contributed by atoms with E-state index in [2.05, 4.69) is 26.5 Å². The molecule has 0 aromatic heterocycles. The lowest BCUT2D eigenvalue weighted by atomic mass is 10.2. The maximum atomic E-state index is 11.9. The van der Waals surface area contributed by atoms with E-state index < -0.39 is 6.10 Å². The van der Waals surface area contributed by atoms with Crippen LogP contribution in [0.4, 0.5) is 0 Å². The molecule has 0 saturated carbocycles. The summed E-state index contributed by atoms with van der Waals surface area (Å²) in [6.07, 6.45) is 0.738. The number of nitrogens with one attached hydrogen (secondary N) is 1. The monoisotopic (exact) mass is 414 g/mol. The van der Waals surface area contributed by atoms with Crippen LogP contribution in [0.2, 0.25) is 10.0 Å². The summed E-state index contributed by atoms with van der Waals surface area (Å²) in [5.41, 5.74) is 3.02. The van der Waals surface area contributed by atoms with Crippen LogP contribution >= 0.6 is 39.1 Å². The van der Waals surface area contributed by atoms with E-state index in [0.29, 0.717) is 21.4 Å². The lowest BCUT2D eigenvalue weighted by Gasteiger charge is -2.12. The second kappa shape index (κ2) is 8.34. The molecule has 0 saturated heterocycles. The van der Waals surface area contributed by atoms with Gasteiger partial charge in [0.15, 0.2) is 6.10 Å². The standard InChI is InChI=1S/C16H13BrCl2N2O2/c1-10(23-13-7-5-12(17)6-8-13)16(22)21-20-9-11-3-2-4-14(18)15(11)19/h2-10H,1H3,(H,21,22)/b20-9-/t10-/m0/s1. The SMILES string of the molecule is C[C@H](Oc1ccc(Br)cc1)C(=O)N/N=C\c1cccc(Cl)c1Cl. The molecule has 0 aliphatic rings. The van der Waals surface area contributed by atoms with Gasteiger partial charge in [-0.3, -0.25) is 4.79 Å². The minimum absolute atomic E-state index is 0.373. The Balaban J connectivity index is 1.92. The molecule has 0 aliphatic heterocycles. The molecule has 120 valence electrons. The van der Waals surface area contributed by atoms with Gasteiger partial charge in [-0.05, 0) is 37.3 Å². The number of hydrogen-bond donors (Lipinski definition) is 1. The molecule has 2 aromatic carbocycles. The molecular formula is C16H13BrCl2N2O2. The Hall–Kier alpha value is -1.56. The molecule has 4 nitrogen and oxygen atoms in total. The van der Waals surface area contributed by atoms with Crippen LogP contribution in [0.1, 0.15) is 12.5 Å². The molecule has 0 heterocycles. The number of ether oxygens (including phenoxy) is 1. The van der Waals surface area contributed by atoms with Gasteiger partial charge in [-0.1, -0.05) is 51.3 Å². The van der Waals surface area contributed by atoms with E-state index in [1.54, 1.807) is 37.3 Å². The first kappa shape index (κ1) is 17.8. The zero-order valence-corrected chi connectivity index (χ0v) is 15.2. The van der Waals surface area contributed by atoms with Crippen molar-refractivity contribution < 1.29 is 9.53 Å². The number of hydrazone groups is 1. The highest BCUT2D eigenvalue weighted by Gasteiger charge is 2.13. The summed E-state index contributed by atoms with van der Waals surface area (Å²) in [6.45, 7) is 1.64. The first-order valence-electron chi connectivity index (χ1n) is 6.66. The van der Waals surface area contributed by atoms with Gasteiger partial charge in [-0.2, -0.15) is 5.10 Å². The Labute approximate surface area is 152 Å². The minimum atomic E-state index is -0.692. The van der Waals surface area contributed by atoms with Crippen LogP contribution in [0.5, 0.6) is 5.75 Å². The number of halogens is 3. The summed E-state index contributed by atoms with van der Waals surface area (Å²) < 4.78 is 6.46. The summed E-state index contributed by atoms with van der Waals surface area (Å²) in [5, 5.41) is 4.67. The second-order valence-corrected chi connectivity index (χ2v) is 6.29. The largest absolute Gasteiger partial charge is 0.481 e. The Bertz CT molecular complexity index is 721. The average molecular weight is 416 g/mol. The van der Waals surface area contributed by atoms with Gasteiger partial charge in [0.05, 0.1) is 16.3 Å². The topological polar surface area (TPSA) is 50.7 Å². The van der Waals surface area contributed by atoms with Crippen molar-refractivity contribution in [1.29, 1.82) is 0 Å². The van der Waals surface area contributed by atoms with Crippen molar-refractivity contribution in [3.8, 4) is 5.75 Å². The number of nitrogens with zero attached hydrogens (tertiary/aromatic N) is 1. The lowest BCUT2D eigenvalue weighted by molar-refractivity contribution is -0.127. The summed E-state index contributed by atoms with van der Waals surface area (Å²) in [7, 11) is 0. The van der Waals surface area contributed by atoms with Gasteiger partial charge in [0, 0.05) is 10.0 Å². The zero-order chi connectivity index (χ0) is 16.8. The lowest BCUT2D eigenvalue weighted by Crippen LogP contribution is -2.33. The van der Waals surface area contributed by atoms with E-state index in [0.717, 1.165) is 4.47 Å². The number of carbonyl (C=O) groups excluding carboxylic acids is 1. The Kier molecular flexibility index (Phi) is 6.45. The van der Waals surface area contributed by atoms with E-state index in [1.807, 2.05) is 12.1 Å². The second-order valence-electron chi connectivity index (χ2n) is 4.59. The molecular weight excluding hydrogens is 403 g/mol. The fourth-order valence-electron chi connectivity index (χ4n) is 1.65. The van der Waals surface area contributed by atoms with Crippen LogP contribution < -0.4 is 10.2 Å². The molecule has 23 heavy (non-hydrogen) atoms. The fraction of sp³-hybridized carbons (Fsp3) is 0.125. The summed E-state index contributed by atoms with van der Waals surface area (Å²) in [5.74, 6) is 0.222. The van der Waals surface area contributed by atoms with Gasteiger partial charge in [-0.25, -0.2) is 5.43 Å². The smallest absolute Gasteiger partial charge is 0.280 e. The minimum Gasteiger partial charge on any atom is -0.481 e. The van der Waals surface area contributed by atoms with Crippen LogP contribution in [-0.4, -0.2) is 18.2 Å².